The zero-order valence-electron chi connectivity index (χ0n) is 19.9. The molecule has 28 heavy (non-hydrogen) atoms. The van der Waals surface area contributed by atoms with Crippen molar-refractivity contribution in [2.24, 2.45) is 46.8 Å². The Labute approximate surface area is 203 Å². The zero-order chi connectivity index (χ0) is 20.0. The van der Waals surface area contributed by atoms with Gasteiger partial charge in [-0.05, 0) is 74.0 Å². The maximum absolute atomic E-state index is 3.00. The van der Waals surface area contributed by atoms with Gasteiger partial charge in [0.05, 0.1) is 0 Å². The second kappa shape index (κ2) is 12.6. The van der Waals surface area contributed by atoms with Gasteiger partial charge in [-0.3, -0.25) is 0 Å². The van der Waals surface area contributed by atoms with Gasteiger partial charge in [-0.1, -0.05) is 65.2 Å². The zero-order valence-corrected chi connectivity index (χ0v) is 22.7. The largest absolute Gasteiger partial charge is 0.328 e. The Morgan fingerprint density at radius 2 is 1.50 bits per heavy atom. The molecule has 4 fully saturated rings. The normalized spacial score (nSPS) is 43.5. The first-order valence-corrected chi connectivity index (χ1v) is 12.4. The van der Waals surface area contributed by atoms with Crippen LogP contribution in [0.2, 0.25) is 0 Å². The molecule has 0 spiro atoms. The van der Waals surface area contributed by atoms with Crippen molar-refractivity contribution in [1.82, 2.24) is 0 Å². The maximum atomic E-state index is 3.00. The van der Waals surface area contributed by atoms with Crippen molar-refractivity contribution in [3.05, 3.63) is 19.6 Å². The van der Waals surface area contributed by atoms with Gasteiger partial charge in [0.15, 0.2) is 0 Å². The molecule has 4 saturated carbocycles. The van der Waals surface area contributed by atoms with Gasteiger partial charge in [0, 0.05) is 32.7 Å². The van der Waals surface area contributed by atoms with Crippen LogP contribution >= 0.6 is 0 Å². The fourth-order valence-corrected chi connectivity index (χ4v) is 7.91. The fourth-order valence-electron chi connectivity index (χ4n) is 7.91. The molecule has 0 aromatic rings. The van der Waals surface area contributed by atoms with Gasteiger partial charge in [-0.25, -0.2) is 0 Å². The standard InChI is InChI=1S/C22H37.C3H8.C2H4.Y/c1-4-15-6-9-18-16(14-15)7-10-20-19(18)12-13-22(3)17(5-2)8-11-21(20)22;1-3-2;1-2;/h5,15-21H,4,6-14H2,1-3H3;3H2,1-2H3;1-2H2;/q-1;;;. The second-order valence-corrected chi connectivity index (χ2v) is 10.3. The average molecular weight is 463 g/mol. The predicted octanol–water partition coefficient (Wildman–Crippen LogP) is 8.72. The first-order valence-electron chi connectivity index (χ1n) is 12.4. The molecular weight excluding hydrogens is 413 g/mol. The molecule has 0 saturated heterocycles. The van der Waals surface area contributed by atoms with Crippen LogP contribution in [0.3, 0.4) is 0 Å². The van der Waals surface area contributed by atoms with Crippen molar-refractivity contribution >= 4 is 0 Å². The van der Waals surface area contributed by atoms with Crippen LogP contribution < -0.4 is 0 Å². The minimum atomic E-state index is 0. The first-order chi connectivity index (χ1) is 13.1. The molecular formula is C27H49Y-. The molecule has 8 unspecified atom stereocenters. The maximum Gasteiger partial charge on any atom is 0 e. The Kier molecular flexibility index (Phi) is 12.1. The molecule has 1 radical (unpaired) electrons. The summed E-state index contributed by atoms with van der Waals surface area (Å²) in [7, 11) is 0. The van der Waals surface area contributed by atoms with Crippen molar-refractivity contribution < 1.29 is 32.7 Å². The van der Waals surface area contributed by atoms with E-state index < -0.39 is 0 Å². The van der Waals surface area contributed by atoms with E-state index in [0.717, 1.165) is 41.4 Å². The minimum absolute atomic E-state index is 0. The molecule has 0 heterocycles. The van der Waals surface area contributed by atoms with Gasteiger partial charge >= 0.3 is 0 Å². The van der Waals surface area contributed by atoms with Gasteiger partial charge in [0.1, 0.15) is 0 Å². The molecule has 1 heteroatoms. The van der Waals surface area contributed by atoms with Crippen LogP contribution in [0.1, 0.15) is 105 Å². The van der Waals surface area contributed by atoms with Crippen molar-refractivity contribution in [2.45, 2.75) is 105 Å². The quantitative estimate of drug-likeness (QED) is 0.284. The minimum Gasteiger partial charge on any atom is -0.328 e. The van der Waals surface area contributed by atoms with E-state index in [4.69, 9.17) is 0 Å². The third-order valence-electron chi connectivity index (χ3n) is 9.12. The summed E-state index contributed by atoms with van der Waals surface area (Å²) < 4.78 is 0. The van der Waals surface area contributed by atoms with E-state index in [1.165, 1.54) is 25.7 Å². The molecule has 161 valence electrons. The molecule has 4 aliphatic carbocycles. The van der Waals surface area contributed by atoms with Crippen molar-refractivity contribution in [3.63, 3.8) is 0 Å². The van der Waals surface area contributed by atoms with Gasteiger partial charge in [0.2, 0.25) is 0 Å². The summed E-state index contributed by atoms with van der Waals surface area (Å²) in [6, 6.07) is 0. The van der Waals surface area contributed by atoms with Gasteiger partial charge < -0.3 is 6.42 Å². The smallest absolute Gasteiger partial charge is 0 e. The van der Waals surface area contributed by atoms with E-state index in [9.17, 15) is 0 Å². The van der Waals surface area contributed by atoms with E-state index in [-0.39, 0.29) is 32.7 Å². The summed E-state index contributed by atoms with van der Waals surface area (Å²) in [6.07, 6.45) is 19.3. The van der Waals surface area contributed by atoms with E-state index >= 15 is 0 Å². The molecule has 0 amide bonds. The Bertz CT molecular complexity index is 432. The third-order valence-corrected chi connectivity index (χ3v) is 9.12. The monoisotopic (exact) mass is 462 g/mol. The summed E-state index contributed by atoms with van der Waals surface area (Å²) in [5, 5.41) is 0. The first kappa shape index (κ1) is 26.9. The van der Waals surface area contributed by atoms with Crippen LogP contribution in [0.25, 0.3) is 0 Å². The van der Waals surface area contributed by atoms with Crippen LogP contribution in [-0.4, -0.2) is 0 Å². The summed E-state index contributed by atoms with van der Waals surface area (Å²) >= 11 is 0. The number of hydrogen-bond donors (Lipinski definition) is 0. The SMILES string of the molecule is C=C.CCC.C[CH-]C1CCC2C3CCC4CC(CC)CCC4C3CCC12C.[Y]. The molecule has 0 aromatic heterocycles. The van der Waals surface area contributed by atoms with E-state index in [0.29, 0.717) is 5.41 Å². The van der Waals surface area contributed by atoms with Crippen LogP contribution in [0, 0.1) is 53.3 Å². The van der Waals surface area contributed by atoms with Crippen molar-refractivity contribution in [3.8, 4) is 0 Å². The Balaban J connectivity index is 0.000000600. The predicted molar refractivity (Wildman–Crippen MR) is 122 cm³/mol. The van der Waals surface area contributed by atoms with Crippen LogP contribution in [0.4, 0.5) is 0 Å². The third kappa shape index (κ3) is 5.36. The molecule has 0 nitrogen and oxygen atoms in total. The molecule has 0 aliphatic heterocycles. The van der Waals surface area contributed by atoms with Gasteiger partial charge in [-0.2, -0.15) is 12.8 Å². The van der Waals surface area contributed by atoms with Gasteiger partial charge in [0.25, 0.3) is 0 Å². The van der Waals surface area contributed by atoms with E-state index in [2.05, 4.69) is 54.2 Å². The van der Waals surface area contributed by atoms with E-state index in [1.54, 1.807) is 44.9 Å². The fraction of sp³-hybridized carbons (Fsp3) is 0.889. The molecule has 0 aromatic carbocycles. The molecule has 4 aliphatic rings. The van der Waals surface area contributed by atoms with Crippen LogP contribution in [-0.2, 0) is 32.7 Å². The Morgan fingerprint density at radius 3 is 2.11 bits per heavy atom. The average Bonchev–Trinajstić information content (AvgIpc) is 3.05. The van der Waals surface area contributed by atoms with Gasteiger partial charge in [-0.15, -0.1) is 13.2 Å². The number of hydrogen-bond acceptors (Lipinski definition) is 0. The molecule has 8 atom stereocenters. The molecule has 4 rings (SSSR count). The van der Waals surface area contributed by atoms with Crippen molar-refractivity contribution in [1.29, 1.82) is 0 Å². The van der Waals surface area contributed by atoms with Crippen LogP contribution in [0.5, 0.6) is 0 Å². The second-order valence-electron chi connectivity index (χ2n) is 10.3. The van der Waals surface area contributed by atoms with Crippen LogP contribution in [0.15, 0.2) is 13.2 Å². The van der Waals surface area contributed by atoms with Crippen molar-refractivity contribution in [2.75, 3.05) is 0 Å². The summed E-state index contributed by atoms with van der Waals surface area (Å²) in [5.74, 6) is 7.50. The Hall–Kier alpha value is 0.844. The molecule has 0 bridgehead atoms. The summed E-state index contributed by atoms with van der Waals surface area (Å²) in [6.45, 7) is 17.7. The summed E-state index contributed by atoms with van der Waals surface area (Å²) in [4.78, 5) is 0. The van der Waals surface area contributed by atoms with E-state index in [1.807, 2.05) is 0 Å². The number of rotatable bonds is 2. The summed E-state index contributed by atoms with van der Waals surface area (Å²) in [5.41, 5.74) is 0.670. The molecule has 0 N–H and O–H groups in total. The Morgan fingerprint density at radius 1 is 0.857 bits per heavy atom. The number of fused-ring (bicyclic) bond motifs is 5. The topological polar surface area (TPSA) is 0 Å².